The number of benzene rings is 1. The second kappa shape index (κ2) is 9.39. The number of aromatic nitrogens is 2. The maximum Gasteiger partial charge on any atom is 0.313 e. The molecule has 2 aromatic heterocycles. The molecule has 4 rings (SSSR count). The number of pyridine rings is 1. The Morgan fingerprint density at radius 3 is 2.74 bits per heavy atom. The van der Waals surface area contributed by atoms with Crippen molar-refractivity contribution in [2.75, 3.05) is 19.7 Å². The SMILES string of the molecule is CCOC(=O)[C@@]1(Cc2cc(-c3ccc(F)cc3)no2)CCCN(Cc2ccncc2)C1. The summed E-state index contributed by atoms with van der Waals surface area (Å²) in [5.74, 6) is 0.123. The zero-order chi connectivity index (χ0) is 21.7. The minimum absolute atomic E-state index is 0.200. The van der Waals surface area contributed by atoms with E-state index in [1.165, 1.54) is 12.1 Å². The van der Waals surface area contributed by atoms with Crippen LogP contribution in [-0.2, 0) is 22.5 Å². The van der Waals surface area contributed by atoms with E-state index in [2.05, 4.69) is 15.0 Å². The van der Waals surface area contributed by atoms with E-state index in [0.717, 1.165) is 37.1 Å². The summed E-state index contributed by atoms with van der Waals surface area (Å²) < 4.78 is 24.3. The quantitative estimate of drug-likeness (QED) is 0.529. The Kier molecular flexibility index (Phi) is 6.42. The van der Waals surface area contributed by atoms with Crippen molar-refractivity contribution in [3.05, 3.63) is 72.0 Å². The van der Waals surface area contributed by atoms with Gasteiger partial charge in [-0.3, -0.25) is 14.7 Å². The van der Waals surface area contributed by atoms with E-state index in [0.29, 0.717) is 31.0 Å². The number of carbonyl (C=O) groups excluding carboxylic acids is 1. The maximum absolute atomic E-state index is 13.2. The molecule has 0 spiro atoms. The molecule has 7 heteroatoms. The topological polar surface area (TPSA) is 68.5 Å². The molecule has 162 valence electrons. The van der Waals surface area contributed by atoms with Crippen LogP contribution in [0, 0.1) is 11.2 Å². The van der Waals surface area contributed by atoms with Crippen LogP contribution < -0.4 is 0 Å². The molecule has 6 nitrogen and oxygen atoms in total. The monoisotopic (exact) mass is 423 g/mol. The smallest absolute Gasteiger partial charge is 0.313 e. The van der Waals surface area contributed by atoms with Gasteiger partial charge in [-0.25, -0.2) is 4.39 Å². The summed E-state index contributed by atoms with van der Waals surface area (Å²) in [6.07, 6.45) is 5.59. The molecule has 1 aliphatic rings. The fraction of sp³-hybridized carbons (Fsp3) is 0.375. The number of rotatable bonds is 7. The average molecular weight is 423 g/mol. The first kappa shape index (κ1) is 21.2. The molecule has 3 heterocycles. The summed E-state index contributed by atoms with van der Waals surface area (Å²) in [5, 5.41) is 4.13. The van der Waals surface area contributed by atoms with Gasteiger partial charge in [0.25, 0.3) is 0 Å². The summed E-state index contributed by atoms with van der Waals surface area (Å²) in [6, 6.07) is 11.9. The number of hydrogen-bond acceptors (Lipinski definition) is 6. The zero-order valence-electron chi connectivity index (χ0n) is 17.6. The Hall–Kier alpha value is -3.06. The first-order valence-corrected chi connectivity index (χ1v) is 10.6. The van der Waals surface area contributed by atoms with Gasteiger partial charge in [0, 0.05) is 43.5 Å². The van der Waals surface area contributed by atoms with Gasteiger partial charge in [0.05, 0.1) is 12.0 Å². The van der Waals surface area contributed by atoms with Crippen LogP contribution in [0.3, 0.4) is 0 Å². The van der Waals surface area contributed by atoms with E-state index >= 15 is 0 Å². The molecule has 0 amide bonds. The summed E-state index contributed by atoms with van der Waals surface area (Å²) in [7, 11) is 0. The van der Waals surface area contributed by atoms with Crippen LogP contribution in [0.25, 0.3) is 11.3 Å². The molecule has 1 aliphatic heterocycles. The highest BCUT2D eigenvalue weighted by Crippen LogP contribution is 2.36. The van der Waals surface area contributed by atoms with Crippen LogP contribution in [0.1, 0.15) is 31.1 Å². The number of esters is 1. The minimum atomic E-state index is -0.694. The third-order valence-electron chi connectivity index (χ3n) is 5.73. The minimum Gasteiger partial charge on any atom is -0.466 e. The lowest BCUT2D eigenvalue weighted by Crippen LogP contribution is -2.49. The largest absolute Gasteiger partial charge is 0.466 e. The lowest BCUT2D eigenvalue weighted by Gasteiger charge is -2.40. The van der Waals surface area contributed by atoms with Gasteiger partial charge in [-0.1, -0.05) is 5.16 Å². The highest BCUT2D eigenvalue weighted by atomic mass is 19.1. The van der Waals surface area contributed by atoms with Crippen molar-refractivity contribution >= 4 is 5.97 Å². The number of ether oxygens (including phenoxy) is 1. The molecular weight excluding hydrogens is 397 g/mol. The van der Waals surface area contributed by atoms with Gasteiger partial charge in [0.1, 0.15) is 17.3 Å². The average Bonchev–Trinajstić information content (AvgIpc) is 3.23. The standard InChI is InChI=1S/C24H26FN3O3/c1-2-30-23(29)24(10-3-13-28(17-24)16-18-8-11-26-12-9-18)15-21-14-22(27-31-21)19-4-6-20(25)7-5-19/h4-9,11-12,14H,2-3,10,13,15-17H2,1H3/t24-/m1/s1. The number of carbonyl (C=O) groups is 1. The first-order valence-electron chi connectivity index (χ1n) is 10.6. The Morgan fingerprint density at radius 2 is 2.00 bits per heavy atom. The van der Waals surface area contributed by atoms with Gasteiger partial charge < -0.3 is 9.26 Å². The highest BCUT2D eigenvalue weighted by molar-refractivity contribution is 5.77. The van der Waals surface area contributed by atoms with E-state index < -0.39 is 5.41 Å². The Morgan fingerprint density at radius 1 is 1.23 bits per heavy atom. The second-order valence-electron chi connectivity index (χ2n) is 8.03. The fourth-order valence-corrected chi connectivity index (χ4v) is 4.26. The van der Waals surface area contributed by atoms with Crippen LogP contribution in [0.2, 0.25) is 0 Å². The molecule has 0 saturated carbocycles. The third-order valence-corrected chi connectivity index (χ3v) is 5.73. The molecule has 0 radical (unpaired) electrons. The highest BCUT2D eigenvalue weighted by Gasteiger charge is 2.44. The third kappa shape index (κ3) is 4.99. The molecule has 1 atom stereocenters. The number of likely N-dealkylation sites (tertiary alicyclic amines) is 1. The molecule has 3 aromatic rings. The Balaban J connectivity index is 1.55. The van der Waals surface area contributed by atoms with Crippen molar-refractivity contribution in [1.29, 1.82) is 0 Å². The van der Waals surface area contributed by atoms with Crippen molar-refractivity contribution in [3.63, 3.8) is 0 Å². The van der Waals surface area contributed by atoms with Gasteiger partial charge in [0.15, 0.2) is 0 Å². The lowest BCUT2D eigenvalue weighted by atomic mass is 9.76. The maximum atomic E-state index is 13.2. The normalized spacial score (nSPS) is 19.3. The van der Waals surface area contributed by atoms with E-state index in [-0.39, 0.29) is 11.8 Å². The number of hydrogen-bond donors (Lipinski definition) is 0. The molecule has 1 aromatic carbocycles. The van der Waals surface area contributed by atoms with E-state index in [1.807, 2.05) is 25.1 Å². The van der Waals surface area contributed by atoms with E-state index in [1.54, 1.807) is 24.5 Å². The molecule has 0 N–H and O–H groups in total. The van der Waals surface area contributed by atoms with E-state index in [9.17, 15) is 9.18 Å². The predicted octanol–water partition coefficient (Wildman–Crippen LogP) is 4.26. The van der Waals surface area contributed by atoms with Crippen LogP contribution >= 0.6 is 0 Å². The molecule has 0 bridgehead atoms. The molecule has 0 unspecified atom stereocenters. The van der Waals surface area contributed by atoms with Crippen LogP contribution in [0.4, 0.5) is 4.39 Å². The van der Waals surface area contributed by atoms with Crippen molar-refractivity contribution < 1.29 is 18.4 Å². The second-order valence-corrected chi connectivity index (χ2v) is 8.03. The van der Waals surface area contributed by atoms with E-state index in [4.69, 9.17) is 9.26 Å². The van der Waals surface area contributed by atoms with Crippen molar-refractivity contribution in [2.24, 2.45) is 5.41 Å². The summed E-state index contributed by atoms with van der Waals surface area (Å²) in [4.78, 5) is 19.4. The van der Waals surface area contributed by atoms with Gasteiger partial charge >= 0.3 is 5.97 Å². The lowest BCUT2D eigenvalue weighted by molar-refractivity contribution is -0.159. The fourth-order valence-electron chi connectivity index (χ4n) is 4.26. The first-order chi connectivity index (χ1) is 15.1. The number of piperidine rings is 1. The Labute approximate surface area is 181 Å². The van der Waals surface area contributed by atoms with Gasteiger partial charge in [0.2, 0.25) is 0 Å². The van der Waals surface area contributed by atoms with Gasteiger partial charge in [-0.2, -0.15) is 0 Å². The number of nitrogens with zero attached hydrogens (tertiary/aromatic N) is 3. The van der Waals surface area contributed by atoms with Crippen LogP contribution in [0.15, 0.2) is 59.4 Å². The van der Waals surface area contributed by atoms with Crippen LogP contribution in [0.5, 0.6) is 0 Å². The summed E-state index contributed by atoms with van der Waals surface area (Å²) in [6.45, 7) is 4.41. The Bertz CT molecular complexity index is 1010. The molecule has 31 heavy (non-hydrogen) atoms. The number of halogens is 1. The summed E-state index contributed by atoms with van der Waals surface area (Å²) in [5.41, 5.74) is 1.86. The van der Waals surface area contributed by atoms with Crippen molar-refractivity contribution in [2.45, 2.75) is 32.7 Å². The van der Waals surface area contributed by atoms with Gasteiger partial charge in [-0.05, 0) is 68.3 Å². The van der Waals surface area contributed by atoms with Crippen molar-refractivity contribution in [1.82, 2.24) is 15.0 Å². The predicted molar refractivity (Wildman–Crippen MR) is 113 cm³/mol. The molecule has 1 saturated heterocycles. The zero-order valence-corrected chi connectivity index (χ0v) is 17.6. The molecule has 1 fully saturated rings. The van der Waals surface area contributed by atoms with Crippen molar-refractivity contribution in [3.8, 4) is 11.3 Å². The van der Waals surface area contributed by atoms with Gasteiger partial charge in [-0.15, -0.1) is 0 Å². The summed E-state index contributed by atoms with van der Waals surface area (Å²) >= 11 is 0. The molecular formula is C24H26FN3O3. The van der Waals surface area contributed by atoms with Crippen LogP contribution in [-0.4, -0.2) is 40.7 Å². The molecule has 0 aliphatic carbocycles.